The highest BCUT2D eigenvalue weighted by Crippen LogP contribution is 2.94. The Labute approximate surface area is 550 Å². The summed E-state index contributed by atoms with van der Waals surface area (Å²) in [4.78, 5) is 9.81. The summed E-state index contributed by atoms with van der Waals surface area (Å²) >= 11 is 0. The van der Waals surface area contributed by atoms with E-state index in [2.05, 4.69) is 261 Å². The first-order chi connectivity index (χ1) is 36.0. The fourth-order valence-electron chi connectivity index (χ4n) is 18.4. The molecule has 0 aromatic rings. The molecule has 10 aliphatic carbocycles. The van der Waals surface area contributed by atoms with Crippen molar-refractivity contribution >= 4 is 5.78 Å². The van der Waals surface area contributed by atoms with E-state index in [1.165, 1.54) is 83.5 Å². The number of carbonyl (C=O) groups excluding carboxylic acids is 1. The lowest BCUT2D eigenvalue weighted by molar-refractivity contribution is -0.193. The number of fused-ring (bicyclic) bond motifs is 2. The van der Waals surface area contributed by atoms with Crippen LogP contribution in [0.25, 0.3) is 0 Å². The highest BCUT2D eigenvalue weighted by molar-refractivity contribution is 5.74. The topological polar surface area (TPSA) is 17.1 Å². The SMILES string of the molecule is C.C.C.C.CC(C)(C)C.CC(C)(C)C.CC1(C)C(C)(C)C2(C)C(C)(C)C(C)(C)C1(C)C2(C)C.CC1(C)C2CC3CC(C2)CC1C3.CC1(C)C=CCCC1.CC1(C)CCCC1(C)C.CC1(C)CCCC1(C)C.CC1(C)CCCCC1(C)C.CCC(C)=O. The molecule has 6 bridgehead atoms. The van der Waals surface area contributed by atoms with Crippen LogP contribution in [-0.4, -0.2) is 5.78 Å². The normalized spacial score (nSPS) is 32.2. The monoisotopic (exact) mass is 1210 g/mol. The molecule has 0 amide bonds. The summed E-state index contributed by atoms with van der Waals surface area (Å²) in [5.74, 6) is 4.72. The highest BCUT2D eigenvalue weighted by Gasteiger charge is 2.89. The lowest BCUT2D eigenvalue weighted by Crippen LogP contribution is -2.61. The van der Waals surface area contributed by atoms with E-state index < -0.39 is 0 Å². The number of carbonyl (C=O) groups is 1. The average Bonchev–Trinajstić information content (AvgIpc) is 3.72. The maximum Gasteiger partial charge on any atom is 0.129 e. The van der Waals surface area contributed by atoms with Gasteiger partial charge in [-0.15, -0.1) is 0 Å². The summed E-state index contributed by atoms with van der Waals surface area (Å²) in [6.45, 7) is 89.8. The number of rotatable bonds is 1. The maximum absolute atomic E-state index is 9.81. The van der Waals surface area contributed by atoms with Crippen LogP contribution >= 0.6 is 0 Å². The number of allylic oxidation sites excluding steroid dienone is 2. The molecule has 9 saturated carbocycles. The van der Waals surface area contributed by atoms with Gasteiger partial charge in [0.1, 0.15) is 5.78 Å². The van der Waals surface area contributed by atoms with Crippen molar-refractivity contribution in [3.63, 3.8) is 0 Å². The van der Waals surface area contributed by atoms with Crippen LogP contribution in [0.4, 0.5) is 0 Å². The number of ketones is 1. The van der Waals surface area contributed by atoms with Crippen LogP contribution in [0, 0.1) is 116 Å². The Kier molecular flexibility index (Phi) is 33.2. The van der Waals surface area contributed by atoms with Crippen molar-refractivity contribution in [3.8, 4) is 0 Å². The van der Waals surface area contributed by atoms with Crippen LogP contribution in [0.1, 0.15) is 415 Å². The third kappa shape index (κ3) is 20.2. The zero-order valence-corrected chi connectivity index (χ0v) is 64.3. The molecule has 0 heterocycles. The van der Waals surface area contributed by atoms with Crippen molar-refractivity contribution in [2.24, 2.45) is 116 Å². The zero-order chi connectivity index (χ0) is 65.2. The lowest BCUT2D eigenvalue weighted by atomic mass is 9.37. The van der Waals surface area contributed by atoms with Gasteiger partial charge in [0.25, 0.3) is 0 Å². The van der Waals surface area contributed by atoms with Gasteiger partial charge in [-0.1, -0.05) is 324 Å². The predicted octanol–water partition coefficient (Wildman–Crippen LogP) is 30.1. The van der Waals surface area contributed by atoms with Crippen LogP contribution in [0.3, 0.4) is 0 Å². The van der Waals surface area contributed by atoms with E-state index in [1.807, 2.05) is 6.92 Å². The predicted molar refractivity (Wildman–Crippen MR) is 400 cm³/mol. The summed E-state index contributed by atoms with van der Waals surface area (Å²) in [6.07, 6.45) is 31.4. The van der Waals surface area contributed by atoms with Crippen LogP contribution in [-0.2, 0) is 4.79 Å². The van der Waals surface area contributed by atoms with Crippen molar-refractivity contribution in [3.05, 3.63) is 12.2 Å². The lowest BCUT2D eigenvalue weighted by Gasteiger charge is -2.67. The Bertz CT molecular complexity index is 1790. The molecule has 0 aliphatic heterocycles. The zero-order valence-electron chi connectivity index (χ0n) is 64.3. The second-order valence-electron chi connectivity index (χ2n) is 41.1. The van der Waals surface area contributed by atoms with Gasteiger partial charge < -0.3 is 4.79 Å². The molecule has 0 aromatic heterocycles. The van der Waals surface area contributed by atoms with E-state index in [1.54, 1.807) is 39.0 Å². The molecule has 86 heavy (non-hydrogen) atoms. The molecule has 1 nitrogen and oxygen atoms in total. The Morgan fingerprint density at radius 3 is 0.721 bits per heavy atom. The summed E-state index contributed by atoms with van der Waals surface area (Å²) in [5, 5.41) is 0. The molecule has 0 N–H and O–H groups in total. The van der Waals surface area contributed by atoms with Crippen LogP contribution in [0.2, 0.25) is 0 Å². The first-order valence-electron chi connectivity index (χ1n) is 35.2. The Morgan fingerprint density at radius 1 is 0.360 bits per heavy atom. The molecule has 10 aliphatic rings. The fourth-order valence-corrected chi connectivity index (χ4v) is 18.4. The molecule has 9 fully saturated rings. The molecule has 0 saturated heterocycles. The van der Waals surface area contributed by atoms with Crippen LogP contribution in [0.5, 0.6) is 0 Å². The molecule has 0 radical (unpaired) electrons. The molecule has 1 heteroatoms. The number of hydrogen-bond acceptors (Lipinski definition) is 1. The van der Waals surface area contributed by atoms with Crippen molar-refractivity contribution in [2.45, 2.75) is 415 Å². The standard InChI is InChI=1S/C19H36.C12H20.C10H20.2C9H18.C8H14.2C5H12.C4H8O.4CH4/c1-13(2)14(3,4)19(12)16(7,8)15(5,6)18(13,11)17(19,9)10;1-12(2)10-4-8-3-9(6-10)7-11(12)5-8;1-9(2)7-5-6-8-10(9,3)4;2*1-8(2)6-5-7-9(8,3)4;1-8(2)6-4-3-5-7-8;2*1-5(2,3)4;1-3-4(2)5;;;;/h1-12H3;8-11H,3-7H2,1-2H3;5-8H2,1-4H3;2*5-7H2,1-4H3;4,6H,3,5,7H2,1-2H3;2*1-4H3;3H2,1-2H3;4*1H4. The van der Waals surface area contributed by atoms with E-state index in [4.69, 9.17) is 0 Å². The summed E-state index contributed by atoms with van der Waals surface area (Å²) < 4.78 is 0. The van der Waals surface area contributed by atoms with Gasteiger partial charge in [0.2, 0.25) is 0 Å². The van der Waals surface area contributed by atoms with Crippen LogP contribution in [0.15, 0.2) is 12.2 Å². The van der Waals surface area contributed by atoms with Crippen molar-refractivity contribution in [1.82, 2.24) is 0 Å². The van der Waals surface area contributed by atoms with Gasteiger partial charge in [-0.25, -0.2) is 0 Å². The Morgan fingerprint density at radius 2 is 0.581 bits per heavy atom. The summed E-state index contributed by atoms with van der Waals surface area (Å²) in [7, 11) is 0. The van der Waals surface area contributed by atoms with Crippen molar-refractivity contribution in [1.29, 1.82) is 0 Å². The van der Waals surface area contributed by atoms with Crippen molar-refractivity contribution in [2.75, 3.05) is 0 Å². The Balaban J connectivity index is -0.000000453. The van der Waals surface area contributed by atoms with E-state index in [0.29, 0.717) is 98.5 Å². The highest BCUT2D eigenvalue weighted by atomic mass is 16.1. The van der Waals surface area contributed by atoms with Gasteiger partial charge >= 0.3 is 0 Å². The van der Waals surface area contributed by atoms with Gasteiger partial charge in [-0.2, -0.15) is 0 Å². The largest absolute Gasteiger partial charge is 0.300 e. The third-order valence-corrected chi connectivity index (χ3v) is 28.7. The van der Waals surface area contributed by atoms with Gasteiger partial charge in [0.15, 0.2) is 0 Å². The minimum atomic E-state index is 0. The maximum atomic E-state index is 9.81. The minimum absolute atomic E-state index is 0. The first kappa shape index (κ1) is 91.8. The van der Waals surface area contributed by atoms with E-state index in [9.17, 15) is 4.79 Å². The average molecular weight is 1210 g/mol. The second-order valence-corrected chi connectivity index (χ2v) is 41.1. The molecular formula is C85H174O. The van der Waals surface area contributed by atoms with E-state index in [0.717, 1.165) is 23.7 Å². The number of hydrogen-bond donors (Lipinski definition) is 0. The second kappa shape index (κ2) is 31.1. The summed E-state index contributed by atoms with van der Waals surface area (Å²) in [6, 6.07) is 0. The van der Waals surface area contributed by atoms with Crippen molar-refractivity contribution < 1.29 is 4.79 Å². The molecular weight excluding hydrogens is 1040 g/mol. The third-order valence-electron chi connectivity index (χ3n) is 28.7. The molecule has 520 valence electrons. The van der Waals surface area contributed by atoms with Gasteiger partial charge in [-0.3, -0.25) is 0 Å². The smallest absolute Gasteiger partial charge is 0.129 e. The van der Waals surface area contributed by atoms with Gasteiger partial charge in [0, 0.05) is 6.42 Å². The Hall–Kier alpha value is -0.590. The molecule has 0 aromatic carbocycles. The molecule has 10 rings (SSSR count). The quantitative estimate of drug-likeness (QED) is 0.239. The van der Waals surface area contributed by atoms with E-state index in [-0.39, 0.29) is 35.5 Å². The summed E-state index contributed by atoms with van der Waals surface area (Å²) in [5.41, 5.74) is 8.02. The number of Topliss-reactive ketones (excluding diaryl/α,β-unsaturated/α-hetero) is 1. The fraction of sp³-hybridized carbons (Fsp3) is 0.965. The van der Waals surface area contributed by atoms with Crippen LogP contribution < -0.4 is 0 Å². The first-order valence-corrected chi connectivity index (χ1v) is 35.2. The minimum Gasteiger partial charge on any atom is -0.300 e. The molecule has 0 unspecified atom stereocenters. The van der Waals surface area contributed by atoms with E-state index >= 15 is 0 Å². The molecule has 0 atom stereocenters. The van der Waals surface area contributed by atoms with Gasteiger partial charge in [0.05, 0.1) is 0 Å². The molecule has 0 spiro atoms. The van der Waals surface area contributed by atoms with Gasteiger partial charge in [-0.05, 0) is 213 Å².